The van der Waals surface area contributed by atoms with Gasteiger partial charge in [-0.3, -0.25) is 14.5 Å². The molecule has 0 bridgehead atoms. The molecule has 1 fully saturated rings. The van der Waals surface area contributed by atoms with E-state index in [9.17, 15) is 9.59 Å². The minimum absolute atomic E-state index is 0.165. The lowest BCUT2D eigenvalue weighted by molar-refractivity contribution is -0.134. The van der Waals surface area contributed by atoms with Crippen LogP contribution in [0.5, 0.6) is 0 Å². The zero-order valence-electron chi connectivity index (χ0n) is 16.5. The lowest BCUT2D eigenvalue weighted by Gasteiger charge is -2.45. The van der Waals surface area contributed by atoms with Crippen molar-refractivity contribution in [2.45, 2.75) is 26.3 Å². The maximum absolute atomic E-state index is 12.6. The Morgan fingerprint density at radius 3 is 2.70 bits per heavy atom. The molecule has 6 heteroatoms. The second-order valence-corrected chi connectivity index (χ2v) is 5.65. The van der Waals surface area contributed by atoms with Gasteiger partial charge >= 0.3 is 0 Å². The number of piperazine rings is 1. The molecule has 6 nitrogen and oxygen atoms in total. The van der Waals surface area contributed by atoms with E-state index >= 15 is 0 Å². The molecular weight excluding hydrogens is 258 g/mol. The van der Waals surface area contributed by atoms with E-state index in [1.807, 2.05) is 0 Å². The monoisotopic (exact) mass is 290 g/mol. The molecule has 116 valence electrons. The first-order valence-corrected chi connectivity index (χ1v) is 6.79. The number of nitrogens with zero attached hydrogens (tertiary/aromatic N) is 2. The van der Waals surface area contributed by atoms with Crippen molar-refractivity contribution in [1.29, 1.82) is 0 Å². The maximum atomic E-state index is 12.6. The van der Waals surface area contributed by atoms with Crippen LogP contribution in [0, 0.1) is 5.41 Å². The summed E-state index contributed by atoms with van der Waals surface area (Å²) in [5, 5.41) is 5.21. The first kappa shape index (κ1) is 11.5. The predicted molar refractivity (Wildman–Crippen MR) is 79.4 cm³/mol. The molecule has 1 unspecified atom stereocenters. The largest absolute Gasteiger partial charge is 0.359 e. The summed E-state index contributed by atoms with van der Waals surface area (Å²) in [6.07, 6.45) is 0.180. The molecule has 1 aliphatic rings. The molecule has 20 heavy (non-hydrogen) atoms. The quantitative estimate of drug-likeness (QED) is 0.530. The van der Waals surface area contributed by atoms with Gasteiger partial charge in [0.05, 0.1) is 5.41 Å². The van der Waals surface area contributed by atoms with Crippen LogP contribution in [0.4, 0.5) is 0 Å². The Morgan fingerprint density at radius 2 is 2.10 bits per heavy atom. The molecule has 0 spiro atoms. The van der Waals surface area contributed by atoms with Crippen molar-refractivity contribution in [3.8, 4) is 0 Å². The minimum Gasteiger partial charge on any atom is -0.359 e. The molecule has 1 saturated heterocycles. The van der Waals surface area contributed by atoms with E-state index in [0.29, 0.717) is 13.1 Å². The second kappa shape index (κ2) is 7.04. The third kappa shape index (κ3) is 4.18. The average Bonchev–Trinajstić information content (AvgIpc) is 2.53. The van der Waals surface area contributed by atoms with Crippen LogP contribution in [-0.4, -0.2) is 74.9 Å². The van der Waals surface area contributed by atoms with Gasteiger partial charge in [-0.05, 0) is 27.8 Å². The fourth-order valence-electron chi connectivity index (χ4n) is 2.25. The first-order valence-electron chi connectivity index (χ1n) is 9.09. The highest BCUT2D eigenvalue weighted by atomic mass is 16.2. The summed E-state index contributed by atoms with van der Waals surface area (Å²) >= 11 is 0. The number of likely N-dealkylation sites (N-methyl/N-ethyl adjacent to an activating group) is 2. The molecule has 1 rings (SSSR count). The van der Waals surface area contributed by atoms with E-state index in [0.717, 1.165) is 0 Å². The number of amides is 2. The van der Waals surface area contributed by atoms with E-state index in [4.69, 9.17) is 5.48 Å². The smallest absolute Gasteiger partial charge is 0.227 e. The van der Waals surface area contributed by atoms with Crippen molar-refractivity contribution in [2.75, 3.05) is 47.2 Å². The van der Waals surface area contributed by atoms with Crippen molar-refractivity contribution < 1.29 is 15.1 Å². The van der Waals surface area contributed by atoms with Crippen molar-refractivity contribution in [3.05, 3.63) is 0 Å². The van der Waals surface area contributed by atoms with E-state index in [1.165, 1.54) is 7.05 Å². The third-order valence-electron chi connectivity index (χ3n) is 3.79. The molecule has 0 radical (unpaired) electrons. The summed E-state index contributed by atoms with van der Waals surface area (Å²) in [7, 11) is 1.53. The number of carbonyl (C=O) groups excluding carboxylic acids is 2. The maximum Gasteiger partial charge on any atom is 0.227 e. The number of hydrogen-bond donors (Lipinski definition) is 2. The summed E-state index contributed by atoms with van der Waals surface area (Å²) < 4.78 is 30.5. The number of rotatable bonds is 5. The molecule has 0 aromatic carbocycles. The zero-order chi connectivity index (χ0) is 18.5. The van der Waals surface area contributed by atoms with Gasteiger partial charge in [0.2, 0.25) is 11.8 Å². The van der Waals surface area contributed by atoms with Gasteiger partial charge in [0.1, 0.15) is 0 Å². The van der Waals surface area contributed by atoms with Gasteiger partial charge in [0, 0.05) is 51.2 Å². The van der Waals surface area contributed by atoms with E-state index in [-0.39, 0.29) is 31.3 Å². The fraction of sp³-hybridized carbons (Fsp3) is 0.857. The summed E-state index contributed by atoms with van der Waals surface area (Å²) in [5.41, 5.74) is -0.920. The van der Waals surface area contributed by atoms with Crippen LogP contribution in [0.3, 0.4) is 0 Å². The van der Waals surface area contributed by atoms with Gasteiger partial charge in [-0.15, -0.1) is 0 Å². The van der Waals surface area contributed by atoms with Crippen molar-refractivity contribution in [2.24, 2.45) is 5.41 Å². The first-order chi connectivity index (χ1) is 11.1. The van der Waals surface area contributed by atoms with Crippen LogP contribution in [0.15, 0.2) is 0 Å². The molecule has 1 atom stereocenters. The van der Waals surface area contributed by atoms with E-state index in [2.05, 4.69) is 10.6 Å². The van der Waals surface area contributed by atoms with Crippen LogP contribution in [-0.2, 0) is 9.59 Å². The highest BCUT2D eigenvalue weighted by Crippen LogP contribution is 2.27. The van der Waals surface area contributed by atoms with Gasteiger partial charge in [-0.2, -0.15) is 0 Å². The average molecular weight is 290 g/mol. The van der Waals surface area contributed by atoms with E-state index < -0.39 is 25.5 Å². The number of hydrogen-bond acceptors (Lipinski definition) is 4. The Hall–Kier alpha value is -1.14. The van der Waals surface area contributed by atoms with Crippen LogP contribution in [0.1, 0.15) is 25.8 Å². The van der Waals surface area contributed by atoms with Gasteiger partial charge in [0.25, 0.3) is 0 Å². The number of nitrogens with one attached hydrogen (secondary N) is 2. The summed E-state index contributed by atoms with van der Waals surface area (Å²) in [6.45, 7) is 2.39. The third-order valence-corrected chi connectivity index (χ3v) is 3.79. The molecule has 0 aromatic heterocycles. The molecular formula is C14H28N4O2. The van der Waals surface area contributed by atoms with Crippen LogP contribution in [0.25, 0.3) is 0 Å². The van der Waals surface area contributed by atoms with Crippen LogP contribution in [0.2, 0.25) is 0 Å². The van der Waals surface area contributed by atoms with Gasteiger partial charge < -0.3 is 15.5 Å². The molecule has 2 amide bonds. The molecule has 1 aliphatic heterocycles. The Kier molecular flexibility index (Phi) is 4.05. The molecule has 2 N–H and O–H groups in total. The summed E-state index contributed by atoms with van der Waals surface area (Å²) in [4.78, 5) is 27.0. The highest BCUT2D eigenvalue weighted by Gasteiger charge is 2.41. The standard InChI is InChI=1S/C14H28N4O2/c1-14(2,11-10-17(4)8-9-18(11)5)13(20)16-7-6-12(19)15-3/h11H,6-10H2,1-5H3,(H,15,19)(H,16,20)/i3+1,4D2,5D2,15+1. The second-order valence-electron chi connectivity index (χ2n) is 5.65. The zero-order valence-corrected chi connectivity index (χ0v) is 12.5. The van der Waals surface area contributed by atoms with Gasteiger partial charge in [-0.1, -0.05) is 0 Å². The lowest BCUT2D eigenvalue weighted by Crippen LogP contribution is -2.60. The topological polar surface area (TPSA) is 64.7 Å². The van der Waals surface area contributed by atoms with Gasteiger partial charge in [-0.25, -0.2) is 0 Å². The van der Waals surface area contributed by atoms with Crippen LogP contribution < -0.4 is 10.6 Å². The Bertz CT molecular complexity index is 448. The Balaban J connectivity index is 2.81. The Labute approximate surface area is 127 Å². The Morgan fingerprint density at radius 1 is 1.35 bits per heavy atom. The fourth-order valence-corrected chi connectivity index (χ4v) is 2.25. The van der Waals surface area contributed by atoms with Crippen molar-refractivity contribution in [3.63, 3.8) is 0 Å². The molecule has 0 saturated carbocycles. The number of carbonyl (C=O) groups is 2. The summed E-state index contributed by atoms with van der Waals surface area (Å²) in [6, 6.07) is -0.454. The molecule has 0 aromatic rings. The van der Waals surface area contributed by atoms with Crippen LogP contribution >= 0.6 is 0 Å². The molecule has 1 heterocycles. The normalized spacial score (nSPS) is 24.8. The SMILES string of the molecule is [2H]C([2H])N1CCN(C([2H])[2H])C(C(C)(C)C(=O)NCCC(=O)[15NH][13CH3])C1. The molecule has 0 aliphatic carbocycles. The van der Waals surface area contributed by atoms with E-state index in [1.54, 1.807) is 23.6 Å². The lowest BCUT2D eigenvalue weighted by atomic mass is 9.81. The van der Waals surface area contributed by atoms with Crippen molar-refractivity contribution in [1.82, 2.24) is 20.4 Å². The highest BCUT2D eigenvalue weighted by molar-refractivity contribution is 5.83. The summed E-state index contributed by atoms with van der Waals surface area (Å²) in [5.74, 6) is -0.433. The van der Waals surface area contributed by atoms with Gasteiger partial charge in [0.15, 0.2) is 0 Å². The predicted octanol–water partition coefficient (Wildman–Crippen LogP) is -0.489. The minimum atomic E-state index is -1.22. The van der Waals surface area contributed by atoms with Crippen molar-refractivity contribution >= 4 is 11.8 Å².